The summed E-state index contributed by atoms with van der Waals surface area (Å²) in [7, 11) is 0. The number of ether oxygens (including phenoxy) is 1. The molecule has 0 amide bonds. The van der Waals surface area contributed by atoms with Crippen LogP contribution in [0.3, 0.4) is 0 Å². The van der Waals surface area contributed by atoms with Crippen molar-refractivity contribution in [2.24, 2.45) is 0 Å². The van der Waals surface area contributed by atoms with Crippen LogP contribution in [0, 0.1) is 0 Å². The van der Waals surface area contributed by atoms with Crippen molar-refractivity contribution in [2.45, 2.75) is 39.5 Å². The summed E-state index contributed by atoms with van der Waals surface area (Å²) in [5.74, 6) is 1.06. The number of morpholine rings is 1. The first-order valence-electron chi connectivity index (χ1n) is 6.74. The lowest BCUT2D eigenvalue weighted by Gasteiger charge is -2.37. The molecule has 2 unspecified atom stereocenters. The smallest absolute Gasteiger partial charge is 0.129 e. The molecule has 100 valence electrons. The molecule has 1 aromatic heterocycles. The summed E-state index contributed by atoms with van der Waals surface area (Å²) in [4.78, 5) is 6.84. The van der Waals surface area contributed by atoms with E-state index in [4.69, 9.17) is 4.74 Å². The first-order chi connectivity index (χ1) is 8.70. The van der Waals surface area contributed by atoms with E-state index < -0.39 is 0 Å². The highest BCUT2D eigenvalue weighted by molar-refractivity contribution is 5.42. The van der Waals surface area contributed by atoms with Crippen LogP contribution in [0.4, 0.5) is 5.82 Å². The zero-order valence-corrected chi connectivity index (χ0v) is 11.5. The summed E-state index contributed by atoms with van der Waals surface area (Å²) in [5, 5.41) is 3.34. The molecule has 1 aliphatic rings. The molecule has 1 aromatic rings. The molecule has 0 spiro atoms. The Morgan fingerprint density at radius 1 is 1.50 bits per heavy atom. The Morgan fingerprint density at radius 3 is 3.11 bits per heavy atom. The third kappa shape index (κ3) is 3.21. The van der Waals surface area contributed by atoms with Gasteiger partial charge in [0.25, 0.3) is 0 Å². The van der Waals surface area contributed by atoms with Crippen molar-refractivity contribution in [1.29, 1.82) is 0 Å². The minimum atomic E-state index is 0.278. The molecule has 0 saturated carbocycles. The average molecular weight is 249 g/mol. The molecular formula is C14H23N3O. The summed E-state index contributed by atoms with van der Waals surface area (Å²) >= 11 is 0. The van der Waals surface area contributed by atoms with Gasteiger partial charge in [0.05, 0.1) is 18.8 Å². The van der Waals surface area contributed by atoms with Crippen molar-refractivity contribution in [1.82, 2.24) is 10.3 Å². The quantitative estimate of drug-likeness (QED) is 0.883. The van der Waals surface area contributed by atoms with E-state index >= 15 is 0 Å². The number of hydrogen-bond acceptors (Lipinski definition) is 4. The third-order valence-corrected chi connectivity index (χ3v) is 3.29. The van der Waals surface area contributed by atoms with Gasteiger partial charge in [0, 0.05) is 19.3 Å². The molecule has 1 fully saturated rings. The molecule has 2 heterocycles. The van der Waals surface area contributed by atoms with Crippen molar-refractivity contribution in [2.75, 3.05) is 24.6 Å². The van der Waals surface area contributed by atoms with Crippen LogP contribution in [-0.4, -0.2) is 36.8 Å². The van der Waals surface area contributed by atoms with Crippen LogP contribution in [0.1, 0.15) is 26.3 Å². The number of pyridine rings is 1. The fraction of sp³-hybridized carbons (Fsp3) is 0.643. The number of anilines is 1. The van der Waals surface area contributed by atoms with Gasteiger partial charge < -0.3 is 15.0 Å². The Kier molecular flexibility index (Phi) is 4.55. The Morgan fingerprint density at radius 2 is 2.33 bits per heavy atom. The highest BCUT2D eigenvalue weighted by atomic mass is 16.5. The predicted molar refractivity (Wildman–Crippen MR) is 73.8 cm³/mol. The molecule has 0 aliphatic carbocycles. The van der Waals surface area contributed by atoms with E-state index in [2.05, 4.69) is 48.1 Å². The van der Waals surface area contributed by atoms with Gasteiger partial charge in [-0.05, 0) is 38.1 Å². The number of rotatable bonds is 4. The van der Waals surface area contributed by atoms with Crippen molar-refractivity contribution >= 4 is 5.82 Å². The van der Waals surface area contributed by atoms with Gasteiger partial charge in [-0.25, -0.2) is 4.98 Å². The molecule has 18 heavy (non-hydrogen) atoms. The van der Waals surface area contributed by atoms with E-state index in [1.54, 1.807) is 0 Å². The van der Waals surface area contributed by atoms with Crippen molar-refractivity contribution in [3.8, 4) is 0 Å². The van der Waals surface area contributed by atoms with E-state index in [0.29, 0.717) is 6.04 Å². The van der Waals surface area contributed by atoms with Crippen LogP contribution in [0.5, 0.6) is 0 Å². The molecule has 2 rings (SSSR count). The molecule has 2 atom stereocenters. The second-order valence-corrected chi connectivity index (χ2v) is 4.95. The Bertz CT molecular complexity index is 383. The molecule has 0 radical (unpaired) electrons. The highest BCUT2D eigenvalue weighted by Gasteiger charge is 2.24. The van der Waals surface area contributed by atoms with Crippen LogP contribution >= 0.6 is 0 Å². The summed E-state index contributed by atoms with van der Waals surface area (Å²) in [5.41, 5.74) is 1.29. The number of nitrogens with zero attached hydrogens (tertiary/aromatic N) is 2. The minimum absolute atomic E-state index is 0.278. The van der Waals surface area contributed by atoms with Crippen LogP contribution in [0.2, 0.25) is 0 Å². The van der Waals surface area contributed by atoms with E-state index in [1.807, 2.05) is 6.20 Å². The van der Waals surface area contributed by atoms with Crippen molar-refractivity contribution in [3.05, 3.63) is 23.9 Å². The second-order valence-electron chi connectivity index (χ2n) is 4.95. The summed E-state index contributed by atoms with van der Waals surface area (Å²) < 4.78 is 5.66. The van der Waals surface area contributed by atoms with Gasteiger partial charge in [0.1, 0.15) is 5.82 Å². The standard InChI is InChI=1S/C14H23N3O/c1-4-15-8-13-5-6-16-14(7-13)17-9-12(3)18-10-11(17)2/h5-7,11-12,15H,4,8-10H2,1-3H3. The maximum atomic E-state index is 5.66. The Hall–Kier alpha value is -1.13. The zero-order chi connectivity index (χ0) is 13.0. The number of hydrogen-bond donors (Lipinski definition) is 1. The van der Waals surface area contributed by atoms with Gasteiger partial charge in [-0.2, -0.15) is 0 Å². The minimum Gasteiger partial charge on any atom is -0.375 e. The molecule has 0 bridgehead atoms. The molecule has 1 N–H and O–H groups in total. The van der Waals surface area contributed by atoms with Gasteiger partial charge in [-0.3, -0.25) is 0 Å². The lowest BCUT2D eigenvalue weighted by molar-refractivity contribution is 0.0340. The van der Waals surface area contributed by atoms with E-state index in [9.17, 15) is 0 Å². The van der Waals surface area contributed by atoms with Crippen LogP contribution in [0.15, 0.2) is 18.3 Å². The van der Waals surface area contributed by atoms with Crippen molar-refractivity contribution in [3.63, 3.8) is 0 Å². The SMILES string of the molecule is CCNCc1ccnc(N2CC(C)OCC2C)c1. The first-order valence-corrected chi connectivity index (χ1v) is 6.74. The fourth-order valence-corrected chi connectivity index (χ4v) is 2.22. The monoisotopic (exact) mass is 249 g/mol. The molecule has 4 heteroatoms. The van der Waals surface area contributed by atoms with Crippen LogP contribution in [0.25, 0.3) is 0 Å². The molecule has 0 aromatic carbocycles. The highest BCUT2D eigenvalue weighted by Crippen LogP contribution is 2.20. The van der Waals surface area contributed by atoms with E-state index in [-0.39, 0.29) is 6.10 Å². The average Bonchev–Trinajstić information content (AvgIpc) is 2.39. The van der Waals surface area contributed by atoms with Gasteiger partial charge in [0.15, 0.2) is 0 Å². The summed E-state index contributed by atoms with van der Waals surface area (Å²) in [6, 6.07) is 4.64. The first kappa shape index (κ1) is 13.3. The zero-order valence-electron chi connectivity index (χ0n) is 11.5. The number of nitrogens with one attached hydrogen (secondary N) is 1. The normalized spacial score (nSPS) is 24.3. The maximum Gasteiger partial charge on any atom is 0.129 e. The Balaban J connectivity index is 2.11. The maximum absolute atomic E-state index is 5.66. The molecule has 1 aliphatic heterocycles. The molecule has 4 nitrogen and oxygen atoms in total. The second kappa shape index (κ2) is 6.16. The van der Waals surface area contributed by atoms with Gasteiger partial charge in [-0.15, -0.1) is 0 Å². The largest absolute Gasteiger partial charge is 0.375 e. The van der Waals surface area contributed by atoms with E-state index in [1.165, 1.54) is 5.56 Å². The van der Waals surface area contributed by atoms with Crippen LogP contribution < -0.4 is 10.2 Å². The third-order valence-electron chi connectivity index (χ3n) is 3.29. The van der Waals surface area contributed by atoms with Gasteiger partial charge in [0.2, 0.25) is 0 Å². The summed E-state index contributed by atoms with van der Waals surface area (Å²) in [6.07, 6.45) is 2.18. The topological polar surface area (TPSA) is 37.4 Å². The molecule has 1 saturated heterocycles. The fourth-order valence-electron chi connectivity index (χ4n) is 2.22. The van der Waals surface area contributed by atoms with E-state index in [0.717, 1.165) is 32.1 Å². The Labute approximate surface area is 109 Å². The number of aromatic nitrogens is 1. The lowest BCUT2D eigenvalue weighted by atomic mass is 10.2. The lowest BCUT2D eigenvalue weighted by Crippen LogP contribution is -2.47. The van der Waals surface area contributed by atoms with Gasteiger partial charge in [-0.1, -0.05) is 6.92 Å². The van der Waals surface area contributed by atoms with Crippen LogP contribution in [-0.2, 0) is 11.3 Å². The molecular weight excluding hydrogens is 226 g/mol. The van der Waals surface area contributed by atoms with Gasteiger partial charge >= 0.3 is 0 Å². The van der Waals surface area contributed by atoms with Crippen molar-refractivity contribution < 1.29 is 4.74 Å². The predicted octanol–water partition coefficient (Wildman–Crippen LogP) is 1.80. The summed E-state index contributed by atoms with van der Waals surface area (Å²) in [6.45, 7) is 10.0.